The highest BCUT2D eigenvalue weighted by Crippen LogP contribution is 2.43. The molecular weight excluding hydrogens is 497 g/mol. The van der Waals surface area contributed by atoms with Gasteiger partial charge >= 0.3 is 6.09 Å². The molecular formula is C30H32FN5O3. The van der Waals surface area contributed by atoms with E-state index in [4.69, 9.17) is 4.74 Å². The van der Waals surface area contributed by atoms with Crippen molar-refractivity contribution in [2.45, 2.75) is 70.2 Å². The molecule has 0 radical (unpaired) electrons. The normalized spacial score (nSPS) is 20.9. The van der Waals surface area contributed by atoms with E-state index in [2.05, 4.69) is 16.5 Å². The molecule has 2 bridgehead atoms. The molecule has 2 aromatic carbocycles. The number of likely N-dealkylation sites (tertiary alicyclic amines) is 1. The van der Waals surface area contributed by atoms with E-state index in [1.807, 2.05) is 36.5 Å². The number of rotatable bonds is 6. The molecule has 2 heterocycles. The quantitative estimate of drug-likeness (QED) is 0.484. The summed E-state index contributed by atoms with van der Waals surface area (Å²) in [6, 6.07) is 14.8. The fraction of sp³-hybridized carbons (Fsp3) is 0.400. The first-order valence-corrected chi connectivity index (χ1v) is 13.2. The minimum atomic E-state index is -0.946. The molecule has 3 aromatic rings. The van der Waals surface area contributed by atoms with E-state index in [0.29, 0.717) is 11.1 Å². The second-order valence-corrected chi connectivity index (χ2v) is 11.3. The molecule has 2 aliphatic rings. The van der Waals surface area contributed by atoms with Crippen LogP contribution >= 0.6 is 0 Å². The Morgan fingerprint density at radius 2 is 1.95 bits per heavy atom. The van der Waals surface area contributed by atoms with Gasteiger partial charge in [0.2, 0.25) is 5.91 Å². The minimum Gasteiger partial charge on any atom is -0.444 e. The average Bonchev–Trinajstić information content (AvgIpc) is 3.65. The Morgan fingerprint density at radius 3 is 2.64 bits per heavy atom. The number of nitrogens with one attached hydrogen (secondary N) is 1. The predicted molar refractivity (Wildman–Crippen MR) is 143 cm³/mol. The maximum atomic E-state index is 15.1. The van der Waals surface area contributed by atoms with Gasteiger partial charge in [-0.3, -0.25) is 9.69 Å². The van der Waals surface area contributed by atoms with Crippen LogP contribution in [-0.2, 0) is 16.0 Å². The van der Waals surface area contributed by atoms with Crippen LogP contribution in [0.3, 0.4) is 0 Å². The Morgan fingerprint density at radius 1 is 1.18 bits per heavy atom. The van der Waals surface area contributed by atoms with E-state index >= 15 is 4.39 Å². The summed E-state index contributed by atoms with van der Waals surface area (Å²) in [6.07, 6.45) is 5.41. The van der Waals surface area contributed by atoms with Crippen LogP contribution < -0.4 is 5.32 Å². The molecule has 1 saturated carbocycles. The van der Waals surface area contributed by atoms with Crippen molar-refractivity contribution >= 4 is 12.0 Å². The Balaban J connectivity index is 1.26. The number of carbonyl (C=O) groups is 2. The van der Waals surface area contributed by atoms with Gasteiger partial charge < -0.3 is 10.1 Å². The van der Waals surface area contributed by atoms with Crippen molar-refractivity contribution in [3.8, 4) is 22.9 Å². The molecule has 0 spiro atoms. The van der Waals surface area contributed by atoms with E-state index in [9.17, 15) is 14.9 Å². The molecule has 2 fully saturated rings. The second kappa shape index (κ2) is 10.5. The number of carbonyl (C=O) groups excluding carboxylic acids is 2. The molecule has 1 N–H and O–H groups in total. The zero-order valence-corrected chi connectivity index (χ0v) is 22.3. The Bertz CT molecular complexity index is 1410. The number of ether oxygens (including phenoxy) is 1. The lowest BCUT2D eigenvalue weighted by Crippen LogP contribution is -2.55. The van der Waals surface area contributed by atoms with Crippen molar-refractivity contribution < 1.29 is 18.7 Å². The lowest BCUT2D eigenvalue weighted by Gasteiger charge is -2.35. The summed E-state index contributed by atoms with van der Waals surface area (Å²) in [5, 5.41) is 16.9. The molecule has 2 amide bonds. The molecule has 1 saturated heterocycles. The van der Waals surface area contributed by atoms with Crippen LogP contribution in [0.4, 0.5) is 9.18 Å². The van der Waals surface area contributed by atoms with E-state index < -0.39 is 35.5 Å². The fourth-order valence-corrected chi connectivity index (χ4v) is 5.60. The monoisotopic (exact) mass is 529 g/mol. The van der Waals surface area contributed by atoms with Crippen LogP contribution in [0.1, 0.15) is 45.6 Å². The number of nitrogens with zero attached hydrogens (tertiary/aromatic N) is 4. The average molecular weight is 530 g/mol. The van der Waals surface area contributed by atoms with Gasteiger partial charge in [-0.2, -0.15) is 10.4 Å². The minimum absolute atomic E-state index is 0.00484. The van der Waals surface area contributed by atoms with Crippen molar-refractivity contribution in [2.24, 2.45) is 5.92 Å². The standard InChI is InChI=1S/C30H32FN5O3/c1-30(2,3)39-29(38)36-25-12-11-21(14-25)27(36)28(37)34-23(16-32)13-20-10-9-19(15-26(20)31)22-17-33-35(18-22)24-7-5-4-6-8-24/h4-10,15,17-18,21,23,25,27H,11-14H2,1-3H3,(H,34,37)/t21-,23?,25+,27-/m0/s1. The van der Waals surface area contributed by atoms with Crippen molar-refractivity contribution in [1.82, 2.24) is 20.0 Å². The van der Waals surface area contributed by atoms with Crippen LogP contribution in [0.2, 0.25) is 0 Å². The summed E-state index contributed by atoms with van der Waals surface area (Å²) < 4.78 is 22.4. The first-order valence-electron chi connectivity index (χ1n) is 13.2. The topological polar surface area (TPSA) is 100 Å². The molecule has 202 valence electrons. The van der Waals surface area contributed by atoms with Crippen LogP contribution in [0.15, 0.2) is 60.9 Å². The smallest absolute Gasteiger partial charge is 0.411 e. The van der Waals surface area contributed by atoms with Gasteiger partial charge in [-0.25, -0.2) is 13.9 Å². The maximum Gasteiger partial charge on any atom is 0.411 e. The summed E-state index contributed by atoms with van der Waals surface area (Å²) in [5.41, 5.74) is 1.95. The number of piperidine rings is 1. The number of fused-ring (bicyclic) bond motifs is 2. The highest BCUT2D eigenvalue weighted by Gasteiger charge is 2.52. The molecule has 8 nitrogen and oxygen atoms in total. The Labute approximate surface area is 227 Å². The molecule has 5 rings (SSSR count). The van der Waals surface area contributed by atoms with Crippen molar-refractivity contribution in [3.05, 3.63) is 72.3 Å². The van der Waals surface area contributed by atoms with Crippen molar-refractivity contribution in [3.63, 3.8) is 0 Å². The largest absolute Gasteiger partial charge is 0.444 e. The molecule has 1 aliphatic heterocycles. The van der Waals surface area contributed by atoms with Gasteiger partial charge in [0, 0.05) is 24.2 Å². The lowest BCUT2D eigenvalue weighted by atomic mass is 9.97. The molecule has 1 aromatic heterocycles. The first-order chi connectivity index (χ1) is 18.6. The van der Waals surface area contributed by atoms with Gasteiger partial charge in [-0.05, 0) is 75.3 Å². The molecule has 9 heteroatoms. The van der Waals surface area contributed by atoms with Crippen molar-refractivity contribution in [1.29, 1.82) is 5.26 Å². The van der Waals surface area contributed by atoms with Gasteiger partial charge in [-0.15, -0.1) is 0 Å². The van der Waals surface area contributed by atoms with Gasteiger partial charge in [0.1, 0.15) is 23.5 Å². The highest BCUT2D eigenvalue weighted by molar-refractivity contribution is 5.87. The van der Waals surface area contributed by atoms with Crippen LogP contribution in [0, 0.1) is 23.1 Å². The van der Waals surface area contributed by atoms with Gasteiger partial charge in [0.25, 0.3) is 0 Å². The lowest BCUT2D eigenvalue weighted by molar-refractivity contribution is -0.128. The maximum absolute atomic E-state index is 15.1. The summed E-state index contributed by atoms with van der Waals surface area (Å²) in [7, 11) is 0. The first kappa shape index (κ1) is 26.4. The highest BCUT2D eigenvalue weighted by atomic mass is 19.1. The zero-order chi connectivity index (χ0) is 27.7. The van der Waals surface area contributed by atoms with Gasteiger partial charge in [0.05, 0.1) is 18.0 Å². The number of benzene rings is 2. The second-order valence-electron chi connectivity index (χ2n) is 11.3. The Kier molecular flexibility index (Phi) is 7.13. The number of nitriles is 1. The fourth-order valence-electron chi connectivity index (χ4n) is 5.60. The third kappa shape index (κ3) is 5.65. The summed E-state index contributed by atoms with van der Waals surface area (Å²) >= 11 is 0. The van der Waals surface area contributed by atoms with E-state index in [1.165, 1.54) is 11.0 Å². The molecule has 1 aliphatic carbocycles. The molecule has 39 heavy (non-hydrogen) atoms. The summed E-state index contributed by atoms with van der Waals surface area (Å²) in [5.74, 6) is -0.843. The van der Waals surface area contributed by atoms with E-state index in [0.717, 1.165) is 30.5 Å². The number of aromatic nitrogens is 2. The summed E-state index contributed by atoms with van der Waals surface area (Å²) in [4.78, 5) is 27.7. The molecule has 1 unspecified atom stereocenters. The number of para-hydroxylation sites is 1. The third-order valence-corrected chi connectivity index (χ3v) is 7.34. The van der Waals surface area contributed by atoms with Gasteiger partial charge in [0.15, 0.2) is 0 Å². The number of hydrogen-bond donors (Lipinski definition) is 1. The third-order valence-electron chi connectivity index (χ3n) is 7.34. The SMILES string of the molecule is CC(C)(C)OC(=O)N1[C@@H]2CC[C@@H](C2)[C@H]1C(=O)NC(C#N)Cc1ccc(-c2cnn(-c3ccccc3)c2)cc1F. The van der Waals surface area contributed by atoms with Crippen LogP contribution in [-0.4, -0.2) is 50.4 Å². The Hall–Kier alpha value is -4.19. The summed E-state index contributed by atoms with van der Waals surface area (Å²) in [6.45, 7) is 5.36. The van der Waals surface area contributed by atoms with E-state index in [-0.39, 0.29) is 18.4 Å². The van der Waals surface area contributed by atoms with E-state index in [1.54, 1.807) is 43.8 Å². The van der Waals surface area contributed by atoms with Crippen LogP contribution in [0.25, 0.3) is 16.8 Å². The van der Waals surface area contributed by atoms with Gasteiger partial charge in [-0.1, -0.05) is 30.3 Å². The van der Waals surface area contributed by atoms with Crippen molar-refractivity contribution in [2.75, 3.05) is 0 Å². The predicted octanol–water partition coefficient (Wildman–Crippen LogP) is 5.02. The number of hydrogen-bond acceptors (Lipinski definition) is 5. The number of amides is 2. The van der Waals surface area contributed by atoms with Crippen LogP contribution in [0.5, 0.6) is 0 Å². The zero-order valence-electron chi connectivity index (χ0n) is 22.3. The number of halogens is 1. The molecule has 4 atom stereocenters.